The van der Waals surface area contributed by atoms with E-state index in [1.165, 1.54) is 0 Å². The zero-order valence-corrected chi connectivity index (χ0v) is 8.21. The molecule has 1 aromatic rings. The van der Waals surface area contributed by atoms with Gasteiger partial charge in [0.2, 0.25) is 0 Å². The molecule has 2 nitrogen and oxygen atoms in total. The van der Waals surface area contributed by atoms with Crippen LogP contribution >= 0.6 is 0 Å². The summed E-state index contributed by atoms with van der Waals surface area (Å²) in [6.45, 7) is 0. The van der Waals surface area contributed by atoms with Gasteiger partial charge in [-0.1, -0.05) is 30.4 Å². The number of nitrogens with zero attached hydrogens (tertiary/aromatic N) is 1. The fourth-order valence-electron chi connectivity index (χ4n) is 1.33. The molecule has 15 heavy (non-hydrogen) atoms. The lowest BCUT2D eigenvalue weighted by Crippen LogP contribution is -2.19. The van der Waals surface area contributed by atoms with Gasteiger partial charge in [0.1, 0.15) is 0 Å². The van der Waals surface area contributed by atoms with Crippen LogP contribution in [0.2, 0.25) is 0 Å². The topological polar surface area (TPSA) is 20.3 Å². The lowest BCUT2D eigenvalue weighted by Gasteiger charge is -2.12. The van der Waals surface area contributed by atoms with Gasteiger partial charge in [-0.05, 0) is 24.3 Å². The fourth-order valence-corrected chi connectivity index (χ4v) is 1.33. The maximum absolute atomic E-state index is 11.9. The summed E-state index contributed by atoms with van der Waals surface area (Å²) in [5.41, 5.74) is 0.689. The summed E-state index contributed by atoms with van der Waals surface area (Å²) in [6.07, 6.45) is 10.9. The van der Waals surface area contributed by atoms with Gasteiger partial charge >= 0.3 is 0 Å². The van der Waals surface area contributed by atoms with Crippen molar-refractivity contribution in [3.05, 3.63) is 72.6 Å². The molecule has 0 unspecified atom stereocenters. The highest BCUT2D eigenvalue weighted by molar-refractivity contribution is 5.95. The second-order valence-corrected chi connectivity index (χ2v) is 3.15. The minimum absolute atomic E-state index is 0.0215. The minimum Gasteiger partial charge on any atom is -0.291 e. The van der Waals surface area contributed by atoms with Gasteiger partial charge in [0.05, 0.1) is 0 Å². The van der Waals surface area contributed by atoms with Crippen LogP contribution in [0.25, 0.3) is 0 Å². The monoisotopic (exact) mass is 197 g/mol. The second-order valence-electron chi connectivity index (χ2n) is 3.15. The summed E-state index contributed by atoms with van der Waals surface area (Å²) in [6, 6.07) is 9.23. The molecule has 2 heteroatoms. The minimum atomic E-state index is -0.0215. The smallest absolute Gasteiger partial charge is 0.261 e. The first-order valence-corrected chi connectivity index (χ1v) is 4.77. The quantitative estimate of drug-likeness (QED) is 0.677. The normalized spacial score (nSPS) is 14.0. The summed E-state index contributed by atoms with van der Waals surface area (Å²) in [7, 11) is 0. The van der Waals surface area contributed by atoms with Crippen molar-refractivity contribution in [2.45, 2.75) is 0 Å². The van der Waals surface area contributed by atoms with Crippen LogP contribution in [0.4, 0.5) is 0 Å². The van der Waals surface area contributed by atoms with Crippen molar-refractivity contribution in [3.63, 3.8) is 0 Å². The molecule has 0 spiro atoms. The van der Waals surface area contributed by atoms with Gasteiger partial charge in [0.25, 0.3) is 5.91 Å². The number of amides is 1. The van der Waals surface area contributed by atoms with Gasteiger partial charge in [0, 0.05) is 18.0 Å². The Hall–Kier alpha value is -2.09. The maximum Gasteiger partial charge on any atom is 0.261 e. The van der Waals surface area contributed by atoms with Crippen molar-refractivity contribution in [2.75, 3.05) is 0 Å². The Morgan fingerprint density at radius 1 is 0.867 bits per heavy atom. The molecule has 0 fully saturated rings. The molecule has 0 bridgehead atoms. The number of carbonyl (C=O) groups is 1. The summed E-state index contributed by atoms with van der Waals surface area (Å²) >= 11 is 0. The first-order chi connectivity index (χ1) is 7.38. The third-order valence-electron chi connectivity index (χ3n) is 2.08. The van der Waals surface area contributed by atoms with Crippen LogP contribution in [0.3, 0.4) is 0 Å². The van der Waals surface area contributed by atoms with Crippen LogP contribution in [0.1, 0.15) is 10.4 Å². The van der Waals surface area contributed by atoms with Gasteiger partial charge in [-0.25, -0.2) is 0 Å². The molecule has 0 N–H and O–H groups in total. The van der Waals surface area contributed by atoms with Crippen LogP contribution in [0.15, 0.2) is 67.0 Å². The largest absolute Gasteiger partial charge is 0.291 e. The van der Waals surface area contributed by atoms with Gasteiger partial charge in [-0.3, -0.25) is 9.69 Å². The van der Waals surface area contributed by atoms with Crippen LogP contribution in [-0.2, 0) is 0 Å². The molecule has 1 aromatic carbocycles. The van der Waals surface area contributed by atoms with Gasteiger partial charge in [-0.15, -0.1) is 0 Å². The van der Waals surface area contributed by atoms with E-state index in [1.807, 2.05) is 54.6 Å². The Labute approximate surface area is 88.8 Å². The van der Waals surface area contributed by atoms with Crippen molar-refractivity contribution in [1.29, 1.82) is 0 Å². The zero-order chi connectivity index (χ0) is 10.5. The highest BCUT2D eigenvalue weighted by Crippen LogP contribution is 2.07. The molecule has 1 heterocycles. The Kier molecular flexibility index (Phi) is 2.79. The molecule has 1 aliphatic rings. The van der Waals surface area contributed by atoms with Crippen molar-refractivity contribution in [2.24, 2.45) is 0 Å². The van der Waals surface area contributed by atoms with Crippen LogP contribution in [-0.4, -0.2) is 10.8 Å². The van der Waals surface area contributed by atoms with Crippen molar-refractivity contribution >= 4 is 5.91 Å². The number of carbonyl (C=O) groups excluding carboxylic acids is 1. The van der Waals surface area contributed by atoms with E-state index in [0.29, 0.717) is 5.56 Å². The average molecular weight is 197 g/mol. The molecule has 0 radical (unpaired) electrons. The van der Waals surface area contributed by atoms with Gasteiger partial charge < -0.3 is 0 Å². The molecule has 1 amide bonds. The standard InChI is InChI=1S/C13H11NO/c15-13(12-8-4-3-5-9-12)14-10-6-1-2-7-11-14/h1-11H. The van der Waals surface area contributed by atoms with Crippen LogP contribution < -0.4 is 0 Å². The highest BCUT2D eigenvalue weighted by Gasteiger charge is 2.09. The van der Waals surface area contributed by atoms with Crippen molar-refractivity contribution in [1.82, 2.24) is 4.90 Å². The summed E-state index contributed by atoms with van der Waals surface area (Å²) in [4.78, 5) is 13.5. The van der Waals surface area contributed by atoms with E-state index >= 15 is 0 Å². The van der Waals surface area contributed by atoms with E-state index in [1.54, 1.807) is 17.3 Å². The lowest BCUT2D eigenvalue weighted by molar-refractivity contribution is 0.0869. The molecule has 0 saturated heterocycles. The third kappa shape index (κ3) is 2.23. The Balaban J connectivity index is 2.22. The number of allylic oxidation sites excluding steroid dienone is 4. The van der Waals surface area contributed by atoms with E-state index < -0.39 is 0 Å². The number of benzene rings is 1. The molecule has 1 aliphatic heterocycles. The first-order valence-electron chi connectivity index (χ1n) is 4.77. The molecular formula is C13H11NO. The van der Waals surface area contributed by atoms with E-state index in [0.717, 1.165) is 0 Å². The van der Waals surface area contributed by atoms with Crippen molar-refractivity contribution < 1.29 is 4.79 Å². The second kappa shape index (κ2) is 4.42. The van der Waals surface area contributed by atoms with E-state index in [4.69, 9.17) is 0 Å². The molecule has 0 aliphatic carbocycles. The Morgan fingerprint density at radius 2 is 1.47 bits per heavy atom. The molecule has 74 valence electrons. The summed E-state index contributed by atoms with van der Waals surface area (Å²) in [5, 5.41) is 0. The average Bonchev–Trinajstić information content (AvgIpc) is 2.58. The van der Waals surface area contributed by atoms with Crippen LogP contribution in [0.5, 0.6) is 0 Å². The predicted molar refractivity (Wildman–Crippen MR) is 60.0 cm³/mol. The summed E-state index contributed by atoms with van der Waals surface area (Å²) in [5.74, 6) is -0.0215. The van der Waals surface area contributed by atoms with E-state index in [9.17, 15) is 4.79 Å². The van der Waals surface area contributed by atoms with E-state index in [-0.39, 0.29) is 5.91 Å². The maximum atomic E-state index is 11.9. The first kappa shape index (κ1) is 9.46. The SMILES string of the molecule is O=C(c1ccccc1)N1C=CC=CC=C1. The number of rotatable bonds is 1. The molecule has 0 saturated carbocycles. The fraction of sp³-hybridized carbons (Fsp3) is 0. The Morgan fingerprint density at radius 3 is 2.07 bits per heavy atom. The van der Waals surface area contributed by atoms with Crippen molar-refractivity contribution in [3.8, 4) is 0 Å². The molecule has 2 rings (SSSR count). The Bertz CT molecular complexity index is 413. The molecular weight excluding hydrogens is 186 g/mol. The van der Waals surface area contributed by atoms with Crippen LogP contribution in [0, 0.1) is 0 Å². The highest BCUT2D eigenvalue weighted by atomic mass is 16.2. The van der Waals surface area contributed by atoms with Gasteiger partial charge in [0.15, 0.2) is 0 Å². The molecule has 0 aromatic heterocycles. The number of hydrogen-bond donors (Lipinski definition) is 0. The third-order valence-corrected chi connectivity index (χ3v) is 2.08. The number of hydrogen-bond acceptors (Lipinski definition) is 1. The molecule has 0 atom stereocenters. The van der Waals surface area contributed by atoms with Gasteiger partial charge in [-0.2, -0.15) is 0 Å². The zero-order valence-electron chi connectivity index (χ0n) is 8.21. The summed E-state index contributed by atoms with van der Waals surface area (Å²) < 4.78 is 0. The van der Waals surface area contributed by atoms with E-state index in [2.05, 4.69) is 0 Å². The lowest BCUT2D eigenvalue weighted by atomic mass is 10.2. The predicted octanol–water partition coefficient (Wildman–Crippen LogP) is 2.73.